The van der Waals surface area contributed by atoms with Gasteiger partial charge in [-0.05, 0) is 43.3 Å². The van der Waals surface area contributed by atoms with Crippen LogP contribution in [-0.2, 0) is 16.1 Å². The lowest BCUT2D eigenvalue weighted by atomic mass is 10.0. The number of nitrogens with zero attached hydrogens (tertiary/aromatic N) is 1. The summed E-state index contributed by atoms with van der Waals surface area (Å²) in [6, 6.07) is 17.0. The number of fused-ring (bicyclic) bond motifs is 3. The Balaban J connectivity index is 1.68. The van der Waals surface area contributed by atoms with E-state index < -0.39 is 35.5 Å². The Morgan fingerprint density at radius 3 is 2.39 bits per heavy atom. The first-order chi connectivity index (χ1) is 14.8. The summed E-state index contributed by atoms with van der Waals surface area (Å²) in [5, 5.41) is 11.3. The van der Waals surface area contributed by atoms with E-state index in [0.717, 1.165) is 16.3 Å². The number of hydrogen-bond donors (Lipinski definition) is 1. The third kappa shape index (κ3) is 4.08. The molecule has 3 aromatic carbocycles. The third-order valence-corrected chi connectivity index (χ3v) is 5.88. The fourth-order valence-corrected chi connectivity index (χ4v) is 4.19. The topological polar surface area (TPSA) is 111 Å². The smallest absolute Gasteiger partial charge is 0.327 e. The summed E-state index contributed by atoms with van der Waals surface area (Å²) in [7, 11) is 0. The second kappa shape index (κ2) is 8.33. The van der Waals surface area contributed by atoms with Crippen LogP contribution in [-0.4, -0.2) is 31.7 Å². The first-order valence-electron chi connectivity index (χ1n) is 9.48. The van der Waals surface area contributed by atoms with Gasteiger partial charge in [0.1, 0.15) is 17.2 Å². The maximum Gasteiger partial charge on any atom is 0.327 e. The third-order valence-electron chi connectivity index (χ3n) is 5.09. The number of rotatable bonds is 7. The van der Waals surface area contributed by atoms with Crippen molar-refractivity contribution in [3.05, 3.63) is 77.9 Å². The minimum atomic E-state index is -2.88. The van der Waals surface area contributed by atoms with Crippen molar-refractivity contribution in [2.45, 2.75) is 19.4 Å². The van der Waals surface area contributed by atoms with Crippen molar-refractivity contribution >= 4 is 50.6 Å². The summed E-state index contributed by atoms with van der Waals surface area (Å²) in [6.07, 6.45) is -0.515. The molecule has 1 heterocycles. The number of Topliss-reactive ketones (excluding diaryl/α,β-unsaturated/α-hetero) is 1. The number of ketones is 1. The molecular weight excluding hydrogens is 418 g/mol. The minimum Gasteiger partial charge on any atom is -0.755 e. The predicted molar refractivity (Wildman–Crippen MR) is 117 cm³/mol. The fourth-order valence-electron chi connectivity index (χ4n) is 3.53. The second-order valence-corrected chi connectivity index (χ2v) is 8.00. The molecule has 158 valence electrons. The zero-order chi connectivity index (χ0) is 22.1. The van der Waals surface area contributed by atoms with E-state index in [1.54, 1.807) is 30.3 Å². The molecule has 0 saturated carbocycles. The molecule has 0 amide bonds. The highest BCUT2D eigenvalue weighted by atomic mass is 32.2. The van der Waals surface area contributed by atoms with Crippen molar-refractivity contribution in [3.63, 3.8) is 0 Å². The zero-order valence-electron chi connectivity index (χ0n) is 16.5. The Bertz CT molecular complexity index is 1310. The number of anilines is 1. The molecule has 2 unspecified atom stereocenters. The molecule has 1 aromatic heterocycles. The molecule has 0 radical (unpaired) electrons. The van der Waals surface area contributed by atoms with Gasteiger partial charge in [-0.15, -0.1) is 0 Å². The summed E-state index contributed by atoms with van der Waals surface area (Å²) in [5.41, 5.74) is 2.64. The lowest BCUT2D eigenvalue weighted by Gasteiger charge is -2.31. The average molecular weight is 436 g/mol. The number of aliphatic carboxylic acids is 1. The molecule has 4 rings (SSSR count). The summed E-state index contributed by atoms with van der Waals surface area (Å²) in [5.74, 6) is -1.89. The number of carboxylic acid groups (broad SMARTS) is 1. The van der Waals surface area contributed by atoms with E-state index in [4.69, 9.17) is 4.42 Å². The van der Waals surface area contributed by atoms with Crippen molar-refractivity contribution in [3.8, 4) is 0 Å². The molecule has 0 aliphatic rings. The first-order valence-corrected chi connectivity index (χ1v) is 10.5. The zero-order valence-corrected chi connectivity index (χ0v) is 17.3. The van der Waals surface area contributed by atoms with E-state index in [2.05, 4.69) is 0 Å². The van der Waals surface area contributed by atoms with E-state index in [0.29, 0.717) is 15.5 Å². The highest BCUT2D eigenvalue weighted by Crippen LogP contribution is 2.30. The van der Waals surface area contributed by atoms with Crippen LogP contribution in [0.4, 0.5) is 5.69 Å². The molecule has 0 saturated heterocycles. The van der Waals surface area contributed by atoms with Gasteiger partial charge in [-0.1, -0.05) is 35.9 Å². The van der Waals surface area contributed by atoms with E-state index in [9.17, 15) is 23.5 Å². The number of para-hydroxylation sites is 1. The monoisotopic (exact) mass is 436 g/mol. The Kier molecular flexibility index (Phi) is 5.58. The van der Waals surface area contributed by atoms with Gasteiger partial charge in [0.15, 0.2) is 5.78 Å². The first kappa shape index (κ1) is 20.8. The molecule has 0 fully saturated rings. The largest absolute Gasteiger partial charge is 0.755 e. The quantitative estimate of drug-likeness (QED) is 0.343. The normalized spacial score (nSPS) is 13.2. The fraction of sp³-hybridized carbons (Fsp3) is 0.130. The SMILES string of the molecule is Cc1ccc(N(C(CC(=O)c2ccc3oc4ccccc4c3c2)C(=O)O)S(=O)[O-])cc1. The minimum absolute atomic E-state index is 0.176. The van der Waals surface area contributed by atoms with Gasteiger partial charge in [-0.2, -0.15) is 0 Å². The Hall–Kier alpha value is -3.49. The van der Waals surface area contributed by atoms with Crippen LogP contribution in [0.3, 0.4) is 0 Å². The second-order valence-electron chi connectivity index (χ2n) is 7.17. The van der Waals surface area contributed by atoms with Gasteiger partial charge < -0.3 is 14.1 Å². The van der Waals surface area contributed by atoms with Gasteiger partial charge in [0.25, 0.3) is 0 Å². The summed E-state index contributed by atoms with van der Waals surface area (Å²) in [6.45, 7) is 1.83. The predicted octanol–water partition coefficient (Wildman–Crippen LogP) is 4.22. The van der Waals surface area contributed by atoms with Crippen LogP contribution in [0, 0.1) is 6.92 Å². The van der Waals surface area contributed by atoms with Crippen LogP contribution in [0.5, 0.6) is 0 Å². The highest BCUT2D eigenvalue weighted by Gasteiger charge is 2.30. The van der Waals surface area contributed by atoms with E-state index in [-0.39, 0.29) is 11.3 Å². The van der Waals surface area contributed by atoms with Crippen molar-refractivity contribution in [2.24, 2.45) is 0 Å². The van der Waals surface area contributed by atoms with Gasteiger partial charge in [0, 0.05) is 39.7 Å². The molecule has 2 atom stereocenters. The van der Waals surface area contributed by atoms with Crippen LogP contribution in [0.15, 0.2) is 71.1 Å². The molecule has 8 heteroatoms. The Labute approximate surface area is 180 Å². The Morgan fingerprint density at radius 2 is 1.71 bits per heavy atom. The molecule has 4 aromatic rings. The number of carbonyl (C=O) groups is 2. The molecular formula is C23H18NO6S-. The standard InChI is InChI=1S/C23H19NO6S/c1-14-6-9-16(10-7-14)24(31(28)29)19(23(26)27)13-20(25)15-8-11-22-18(12-15)17-4-2-3-5-21(17)30-22/h2-12,19H,13H2,1H3,(H,26,27)(H,28,29)/p-1. The van der Waals surface area contributed by atoms with Crippen LogP contribution in [0.1, 0.15) is 22.3 Å². The van der Waals surface area contributed by atoms with Gasteiger partial charge in [-0.25, -0.2) is 4.79 Å². The number of carbonyl (C=O) groups excluding carboxylic acids is 1. The van der Waals surface area contributed by atoms with Gasteiger partial charge in [-0.3, -0.25) is 13.3 Å². The van der Waals surface area contributed by atoms with Gasteiger partial charge >= 0.3 is 5.97 Å². The molecule has 1 N–H and O–H groups in total. The van der Waals surface area contributed by atoms with Crippen molar-refractivity contribution < 1.29 is 27.9 Å². The number of carboxylic acids is 1. The molecule has 31 heavy (non-hydrogen) atoms. The van der Waals surface area contributed by atoms with E-state index in [1.165, 1.54) is 12.1 Å². The molecule has 0 aliphatic carbocycles. The van der Waals surface area contributed by atoms with Crippen LogP contribution < -0.4 is 4.31 Å². The van der Waals surface area contributed by atoms with Crippen LogP contribution in [0.2, 0.25) is 0 Å². The Morgan fingerprint density at radius 1 is 1.03 bits per heavy atom. The average Bonchev–Trinajstić information content (AvgIpc) is 3.12. The summed E-state index contributed by atoms with van der Waals surface area (Å²) >= 11 is -2.88. The number of aryl methyl sites for hydroxylation is 1. The van der Waals surface area contributed by atoms with Crippen molar-refractivity contribution in [1.29, 1.82) is 0 Å². The van der Waals surface area contributed by atoms with E-state index in [1.807, 2.05) is 31.2 Å². The van der Waals surface area contributed by atoms with Gasteiger partial charge in [0.05, 0.1) is 0 Å². The molecule has 0 aliphatic heterocycles. The molecule has 0 bridgehead atoms. The summed E-state index contributed by atoms with van der Waals surface area (Å²) in [4.78, 5) is 24.9. The summed E-state index contributed by atoms with van der Waals surface area (Å²) < 4.78 is 30.2. The van der Waals surface area contributed by atoms with Crippen molar-refractivity contribution in [1.82, 2.24) is 0 Å². The molecule has 0 spiro atoms. The lowest BCUT2D eigenvalue weighted by molar-refractivity contribution is -0.138. The van der Waals surface area contributed by atoms with Crippen LogP contribution >= 0.6 is 0 Å². The lowest BCUT2D eigenvalue weighted by Crippen LogP contribution is -2.44. The van der Waals surface area contributed by atoms with Crippen molar-refractivity contribution in [2.75, 3.05) is 4.31 Å². The maximum absolute atomic E-state index is 13.0. The highest BCUT2D eigenvalue weighted by molar-refractivity contribution is 7.80. The van der Waals surface area contributed by atoms with Crippen LogP contribution in [0.25, 0.3) is 21.9 Å². The maximum atomic E-state index is 13.0. The number of benzene rings is 3. The molecule has 7 nitrogen and oxygen atoms in total. The van der Waals surface area contributed by atoms with Gasteiger partial charge in [0.2, 0.25) is 0 Å². The van der Waals surface area contributed by atoms with E-state index >= 15 is 0 Å². The number of furan rings is 1. The number of hydrogen-bond acceptors (Lipinski definition) is 5.